The maximum absolute atomic E-state index is 12.5. The summed E-state index contributed by atoms with van der Waals surface area (Å²) >= 11 is 0. The van der Waals surface area contributed by atoms with Gasteiger partial charge in [-0.15, -0.1) is 0 Å². The normalized spacial score (nSPS) is 21.0. The molecule has 3 rings (SSSR count). The highest BCUT2D eigenvalue weighted by Crippen LogP contribution is 2.44. The van der Waals surface area contributed by atoms with Crippen LogP contribution in [0.2, 0.25) is 0 Å². The lowest BCUT2D eigenvalue weighted by Crippen LogP contribution is -2.41. The van der Waals surface area contributed by atoms with Gasteiger partial charge in [0.05, 0.1) is 19.1 Å². The highest BCUT2D eigenvalue weighted by atomic mass is 16.5. The van der Waals surface area contributed by atoms with E-state index in [2.05, 4.69) is 0 Å². The van der Waals surface area contributed by atoms with Gasteiger partial charge in [-0.1, -0.05) is 12.8 Å². The second-order valence-corrected chi connectivity index (χ2v) is 6.07. The third-order valence-corrected chi connectivity index (χ3v) is 4.69. The average Bonchev–Trinajstić information content (AvgIpc) is 2.66. The molecule has 1 aliphatic carbocycles. The summed E-state index contributed by atoms with van der Waals surface area (Å²) in [7, 11) is 1.65. The summed E-state index contributed by atoms with van der Waals surface area (Å²) in [5.41, 5.74) is 1.40. The maximum atomic E-state index is 12.5. The summed E-state index contributed by atoms with van der Waals surface area (Å²) < 4.78 is 11.7. The molecule has 0 unspecified atom stereocenters. The van der Waals surface area contributed by atoms with Crippen LogP contribution in [0, 0.1) is 6.92 Å². The summed E-state index contributed by atoms with van der Waals surface area (Å²) in [6.07, 6.45) is 7.35. The van der Waals surface area contributed by atoms with Gasteiger partial charge in [-0.2, -0.15) is 0 Å². The lowest BCUT2D eigenvalue weighted by Gasteiger charge is -2.38. The van der Waals surface area contributed by atoms with E-state index in [1.165, 1.54) is 12.8 Å². The number of rotatable bonds is 1. The van der Waals surface area contributed by atoms with Gasteiger partial charge in [-0.25, -0.2) is 0 Å². The molecule has 1 fully saturated rings. The number of fused-ring (bicyclic) bond motifs is 1. The number of carbonyl (C=O) groups excluding carboxylic acids is 1. The van der Waals surface area contributed by atoms with Gasteiger partial charge >= 0.3 is 0 Å². The summed E-state index contributed by atoms with van der Waals surface area (Å²) in [6, 6.07) is 3.70. The number of hydrogen-bond donors (Lipinski definition) is 0. The van der Waals surface area contributed by atoms with Crippen LogP contribution in [0.4, 0.5) is 0 Å². The molecule has 1 heterocycles. The second kappa shape index (κ2) is 5.12. The third-order valence-electron chi connectivity index (χ3n) is 4.69. The smallest absolute Gasteiger partial charge is 0.170 e. The van der Waals surface area contributed by atoms with Gasteiger partial charge < -0.3 is 9.47 Å². The average molecular weight is 274 g/mol. The van der Waals surface area contributed by atoms with E-state index < -0.39 is 0 Å². The zero-order chi connectivity index (χ0) is 14.2. The fourth-order valence-corrected chi connectivity index (χ4v) is 3.54. The zero-order valence-electron chi connectivity index (χ0n) is 12.3. The summed E-state index contributed by atoms with van der Waals surface area (Å²) in [5, 5.41) is 0. The molecule has 1 aromatic carbocycles. The third kappa shape index (κ3) is 2.19. The molecule has 0 radical (unpaired) electrons. The molecule has 0 aromatic heterocycles. The first kappa shape index (κ1) is 13.5. The molecule has 0 amide bonds. The Morgan fingerprint density at radius 3 is 2.50 bits per heavy atom. The maximum Gasteiger partial charge on any atom is 0.170 e. The Balaban J connectivity index is 2.02. The molecule has 0 atom stereocenters. The van der Waals surface area contributed by atoms with Crippen LogP contribution < -0.4 is 9.47 Å². The first-order valence-corrected chi connectivity index (χ1v) is 7.55. The summed E-state index contributed by atoms with van der Waals surface area (Å²) in [6.45, 7) is 1.97. The van der Waals surface area contributed by atoms with Gasteiger partial charge in [-0.3, -0.25) is 4.79 Å². The number of carbonyl (C=O) groups is 1. The number of Topliss-reactive ketones (excluding diaryl/α,β-unsaturated/α-hetero) is 1. The molecular weight excluding hydrogens is 252 g/mol. The molecular formula is C17H22O3. The van der Waals surface area contributed by atoms with E-state index in [0.717, 1.165) is 48.3 Å². The van der Waals surface area contributed by atoms with Gasteiger partial charge in [-0.05, 0) is 44.7 Å². The van der Waals surface area contributed by atoms with Crippen LogP contribution in [-0.4, -0.2) is 18.5 Å². The fourth-order valence-electron chi connectivity index (χ4n) is 3.54. The Kier molecular flexibility index (Phi) is 3.45. The van der Waals surface area contributed by atoms with Crippen molar-refractivity contribution in [2.75, 3.05) is 7.11 Å². The lowest BCUT2D eigenvalue weighted by atomic mass is 9.83. The number of ether oxygens (including phenoxy) is 2. The minimum Gasteiger partial charge on any atom is -0.496 e. The van der Waals surface area contributed by atoms with Crippen LogP contribution in [0.15, 0.2) is 12.1 Å². The van der Waals surface area contributed by atoms with Crippen LogP contribution in [-0.2, 0) is 0 Å². The van der Waals surface area contributed by atoms with E-state index in [9.17, 15) is 4.79 Å². The fraction of sp³-hybridized carbons (Fsp3) is 0.588. The molecule has 1 spiro atoms. The number of ketones is 1. The predicted octanol–water partition coefficient (Wildman–Crippen LogP) is 4.06. The van der Waals surface area contributed by atoms with Crippen molar-refractivity contribution in [3.63, 3.8) is 0 Å². The Bertz CT molecular complexity index is 525. The van der Waals surface area contributed by atoms with Crippen molar-refractivity contribution in [3.8, 4) is 11.5 Å². The summed E-state index contributed by atoms with van der Waals surface area (Å²) in [5.74, 6) is 1.77. The monoisotopic (exact) mass is 274 g/mol. The van der Waals surface area contributed by atoms with Gasteiger partial charge in [0.15, 0.2) is 5.78 Å². The highest BCUT2D eigenvalue weighted by molar-refractivity contribution is 6.01. The van der Waals surface area contributed by atoms with Crippen molar-refractivity contribution in [1.82, 2.24) is 0 Å². The van der Waals surface area contributed by atoms with E-state index >= 15 is 0 Å². The molecule has 0 bridgehead atoms. The highest BCUT2D eigenvalue weighted by Gasteiger charge is 2.41. The SMILES string of the molecule is COc1ccc2c(c1C)OC1(CCCCCC1)CC2=O. The van der Waals surface area contributed by atoms with Crippen LogP contribution in [0.25, 0.3) is 0 Å². The van der Waals surface area contributed by atoms with Crippen molar-refractivity contribution in [2.45, 2.75) is 57.5 Å². The Morgan fingerprint density at radius 1 is 1.15 bits per heavy atom. The van der Waals surface area contributed by atoms with Crippen molar-refractivity contribution >= 4 is 5.78 Å². The molecule has 0 saturated heterocycles. The van der Waals surface area contributed by atoms with Crippen LogP contribution >= 0.6 is 0 Å². The van der Waals surface area contributed by atoms with E-state index in [0.29, 0.717) is 6.42 Å². The molecule has 1 saturated carbocycles. The second-order valence-electron chi connectivity index (χ2n) is 6.07. The van der Waals surface area contributed by atoms with E-state index in [1.54, 1.807) is 7.11 Å². The summed E-state index contributed by atoms with van der Waals surface area (Å²) in [4.78, 5) is 12.5. The number of methoxy groups -OCH3 is 1. The Labute approximate surface area is 120 Å². The van der Waals surface area contributed by atoms with Gasteiger partial charge in [0, 0.05) is 5.56 Å². The minimum atomic E-state index is -0.266. The van der Waals surface area contributed by atoms with Crippen LogP contribution in [0.3, 0.4) is 0 Å². The lowest BCUT2D eigenvalue weighted by molar-refractivity contribution is 0.0290. The molecule has 3 heteroatoms. The van der Waals surface area contributed by atoms with E-state index in [4.69, 9.17) is 9.47 Å². The van der Waals surface area contributed by atoms with Crippen molar-refractivity contribution in [3.05, 3.63) is 23.3 Å². The quantitative estimate of drug-likeness (QED) is 0.774. The first-order valence-electron chi connectivity index (χ1n) is 7.55. The van der Waals surface area contributed by atoms with Gasteiger partial charge in [0.2, 0.25) is 0 Å². The van der Waals surface area contributed by atoms with Crippen molar-refractivity contribution in [2.24, 2.45) is 0 Å². The van der Waals surface area contributed by atoms with Gasteiger partial charge in [0.1, 0.15) is 17.1 Å². The van der Waals surface area contributed by atoms with Crippen molar-refractivity contribution in [1.29, 1.82) is 0 Å². The van der Waals surface area contributed by atoms with Crippen molar-refractivity contribution < 1.29 is 14.3 Å². The standard InChI is InChI=1S/C17H22O3/c1-12-15(19-2)8-7-13-14(18)11-17(20-16(12)13)9-5-3-4-6-10-17/h7-8H,3-6,9-11H2,1-2H3. The molecule has 20 heavy (non-hydrogen) atoms. The van der Waals surface area contributed by atoms with E-state index in [-0.39, 0.29) is 11.4 Å². The first-order chi connectivity index (χ1) is 9.65. The molecule has 2 aliphatic rings. The number of hydrogen-bond acceptors (Lipinski definition) is 3. The van der Waals surface area contributed by atoms with Crippen LogP contribution in [0.5, 0.6) is 11.5 Å². The topological polar surface area (TPSA) is 35.5 Å². The number of benzene rings is 1. The largest absolute Gasteiger partial charge is 0.496 e. The minimum absolute atomic E-state index is 0.221. The van der Waals surface area contributed by atoms with Gasteiger partial charge in [0.25, 0.3) is 0 Å². The zero-order valence-corrected chi connectivity index (χ0v) is 12.3. The molecule has 1 aliphatic heterocycles. The molecule has 108 valence electrons. The molecule has 0 N–H and O–H groups in total. The molecule has 3 nitrogen and oxygen atoms in total. The predicted molar refractivity (Wildman–Crippen MR) is 77.7 cm³/mol. The Hall–Kier alpha value is -1.51. The van der Waals surface area contributed by atoms with Crippen LogP contribution in [0.1, 0.15) is 60.9 Å². The molecule has 1 aromatic rings. The van der Waals surface area contributed by atoms with E-state index in [1.807, 2.05) is 19.1 Å². The Morgan fingerprint density at radius 2 is 1.85 bits per heavy atom.